The van der Waals surface area contributed by atoms with Gasteiger partial charge in [0.05, 0.1) is 31.3 Å². The monoisotopic (exact) mass is 520 g/mol. The van der Waals surface area contributed by atoms with Crippen molar-refractivity contribution < 1.29 is 17.9 Å². The van der Waals surface area contributed by atoms with Gasteiger partial charge in [-0.15, -0.1) is 10.2 Å². The minimum Gasteiger partial charge on any atom is -0.497 e. The number of sulfonamides is 1. The van der Waals surface area contributed by atoms with Crippen LogP contribution in [0.5, 0.6) is 11.5 Å². The molecule has 0 aliphatic rings. The lowest BCUT2D eigenvalue weighted by Gasteiger charge is -2.23. The summed E-state index contributed by atoms with van der Waals surface area (Å²) in [6.45, 7) is 3.72. The second-order valence-corrected chi connectivity index (χ2v) is 9.80. The van der Waals surface area contributed by atoms with Crippen LogP contribution in [0.15, 0.2) is 87.9 Å². The zero-order chi connectivity index (χ0) is 26.6. The van der Waals surface area contributed by atoms with Gasteiger partial charge in [-0.1, -0.05) is 18.2 Å². The van der Waals surface area contributed by atoms with E-state index in [4.69, 9.17) is 15.2 Å². The summed E-state index contributed by atoms with van der Waals surface area (Å²) in [6.07, 6.45) is 0. The molecule has 4 rings (SSSR count). The number of azo groups is 1. The lowest BCUT2D eigenvalue weighted by Crippen LogP contribution is -2.30. The summed E-state index contributed by atoms with van der Waals surface area (Å²) in [5, 5.41) is 13.1. The Morgan fingerprint density at radius 3 is 2.22 bits per heavy atom. The third-order valence-electron chi connectivity index (χ3n) is 5.70. The molecule has 192 valence electrons. The first-order valence-electron chi connectivity index (χ1n) is 11.5. The number of anilines is 2. The number of aromatic nitrogens is 2. The summed E-state index contributed by atoms with van der Waals surface area (Å²) >= 11 is 0. The Morgan fingerprint density at radius 2 is 1.59 bits per heavy atom. The van der Waals surface area contributed by atoms with Crippen molar-refractivity contribution in [1.29, 1.82) is 0 Å². The van der Waals surface area contributed by atoms with Crippen molar-refractivity contribution >= 4 is 32.9 Å². The number of hydrogen-bond acceptors (Lipinski definition) is 8. The van der Waals surface area contributed by atoms with Crippen molar-refractivity contribution in [3.05, 3.63) is 78.5 Å². The molecule has 37 heavy (non-hydrogen) atoms. The van der Waals surface area contributed by atoms with Gasteiger partial charge in [-0.05, 0) is 62.4 Å². The van der Waals surface area contributed by atoms with Gasteiger partial charge < -0.3 is 15.2 Å². The van der Waals surface area contributed by atoms with E-state index in [1.54, 1.807) is 56.0 Å². The van der Waals surface area contributed by atoms with Crippen LogP contribution in [-0.2, 0) is 10.0 Å². The van der Waals surface area contributed by atoms with Crippen LogP contribution in [0.2, 0.25) is 0 Å². The van der Waals surface area contributed by atoms with Crippen LogP contribution in [0.1, 0.15) is 12.6 Å². The predicted octanol–water partition coefficient (Wildman–Crippen LogP) is 5.41. The SMILES string of the molecule is CCN(c1ccc(OC)cc1)S(=O)(=O)c1ccc(OC)cc1/N=N/c1c(C)nn(-c2ccccc2)c1N. The van der Waals surface area contributed by atoms with E-state index in [1.807, 2.05) is 30.3 Å². The Kier molecular flexibility index (Phi) is 7.44. The number of aryl methyl sites for hydroxylation is 1. The highest BCUT2D eigenvalue weighted by Crippen LogP contribution is 2.36. The third kappa shape index (κ3) is 5.12. The second-order valence-electron chi connectivity index (χ2n) is 7.97. The molecule has 0 bridgehead atoms. The van der Waals surface area contributed by atoms with Gasteiger partial charge in [0.25, 0.3) is 10.0 Å². The standard InChI is InChI=1S/C26H28N6O4S/c1-5-31(19-11-13-21(35-3)14-12-19)37(33,34)24-16-15-22(36-4)17-23(24)28-29-25-18(2)30-32(26(25)27)20-9-7-6-8-10-20/h6-17H,5,27H2,1-4H3/b29-28+. The van der Waals surface area contributed by atoms with Gasteiger partial charge in [0.15, 0.2) is 11.5 Å². The van der Waals surface area contributed by atoms with E-state index in [-0.39, 0.29) is 22.9 Å². The van der Waals surface area contributed by atoms with Gasteiger partial charge in [-0.25, -0.2) is 13.1 Å². The van der Waals surface area contributed by atoms with Gasteiger partial charge in [0.1, 0.15) is 22.1 Å². The molecule has 11 heteroatoms. The summed E-state index contributed by atoms with van der Waals surface area (Å²) < 4.78 is 40.9. The molecule has 0 spiro atoms. The fourth-order valence-electron chi connectivity index (χ4n) is 3.81. The summed E-state index contributed by atoms with van der Waals surface area (Å²) in [7, 11) is -0.967. The number of nitrogens with zero attached hydrogens (tertiary/aromatic N) is 5. The van der Waals surface area contributed by atoms with E-state index >= 15 is 0 Å². The first-order valence-corrected chi connectivity index (χ1v) is 12.9. The number of nitrogens with two attached hydrogens (primary N) is 1. The van der Waals surface area contributed by atoms with Crippen LogP contribution in [-0.4, -0.2) is 39.0 Å². The van der Waals surface area contributed by atoms with Crippen LogP contribution in [0.25, 0.3) is 5.69 Å². The average Bonchev–Trinajstić information content (AvgIpc) is 3.21. The van der Waals surface area contributed by atoms with Crippen molar-refractivity contribution in [3.63, 3.8) is 0 Å². The molecular weight excluding hydrogens is 492 g/mol. The van der Waals surface area contributed by atoms with Gasteiger partial charge in [0, 0.05) is 12.6 Å². The molecule has 1 heterocycles. The highest BCUT2D eigenvalue weighted by Gasteiger charge is 2.27. The molecule has 0 atom stereocenters. The summed E-state index contributed by atoms with van der Waals surface area (Å²) in [5.74, 6) is 1.35. The molecule has 3 aromatic carbocycles. The van der Waals surface area contributed by atoms with E-state index in [9.17, 15) is 8.42 Å². The topological polar surface area (TPSA) is 124 Å². The van der Waals surface area contributed by atoms with Crippen molar-refractivity contribution in [2.24, 2.45) is 10.2 Å². The van der Waals surface area contributed by atoms with Crippen LogP contribution in [0, 0.1) is 6.92 Å². The van der Waals surface area contributed by atoms with Crippen LogP contribution < -0.4 is 19.5 Å². The van der Waals surface area contributed by atoms with Gasteiger partial charge in [-0.2, -0.15) is 5.10 Å². The first kappa shape index (κ1) is 25.7. The van der Waals surface area contributed by atoms with Crippen molar-refractivity contribution in [2.75, 3.05) is 30.8 Å². The van der Waals surface area contributed by atoms with Gasteiger partial charge >= 0.3 is 0 Å². The maximum Gasteiger partial charge on any atom is 0.266 e. The molecular formula is C26H28N6O4S. The zero-order valence-corrected chi connectivity index (χ0v) is 21.8. The van der Waals surface area contributed by atoms with Crippen molar-refractivity contribution in [2.45, 2.75) is 18.7 Å². The first-order chi connectivity index (χ1) is 17.8. The van der Waals surface area contributed by atoms with Crippen LogP contribution in [0.4, 0.5) is 22.9 Å². The minimum atomic E-state index is -4.01. The lowest BCUT2D eigenvalue weighted by molar-refractivity contribution is 0.414. The number of benzene rings is 3. The number of ether oxygens (including phenoxy) is 2. The smallest absolute Gasteiger partial charge is 0.266 e. The van der Waals surface area contributed by atoms with Crippen LogP contribution in [0.3, 0.4) is 0 Å². The van der Waals surface area contributed by atoms with Crippen LogP contribution >= 0.6 is 0 Å². The van der Waals surface area contributed by atoms with Crippen molar-refractivity contribution in [1.82, 2.24) is 9.78 Å². The zero-order valence-electron chi connectivity index (χ0n) is 21.0. The van der Waals surface area contributed by atoms with E-state index in [1.165, 1.54) is 23.5 Å². The summed E-state index contributed by atoms with van der Waals surface area (Å²) in [4.78, 5) is -0.0265. The molecule has 0 amide bonds. The third-order valence-corrected chi connectivity index (χ3v) is 7.65. The molecule has 0 aliphatic heterocycles. The van der Waals surface area contributed by atoms with E-state index in [2.05, 4.69) is 15.3 Å². The number of hydrogen-bond donors (Lipinski definition) is 1. The highest BCUT2D eigenvalue weighted by atomic mass is 32.2. The Labute approximate surface area is 216 Å². The normalized spacial score (nSPS) is 11.6. The molecule has 1 aromatic heterocycles. The average molecular weight is 521 g/mol. The molecule has 4 aromatic rings. The Morgan fingerprint density at radius 1 is 0.946 bits per heavy atom. The van der Waals surface area contributed by atoms with E-state index in [0.717, 1.165) is 5.69 Å². The Bertz CT molecular complexity index is 1520. The molecule has 0 saturated heterocycles. The largest absolute Gasteiger partial charge is 0.497 e. The minimum absolute atomic E-state index is 0.0265. The Balaban J connectivity index is 1.77. The number of rotatable bonds is 9. The summed E-state index contributed by atoms with van der Waals surface area (Å²) in [6, 6.07) is 20.7. The second kappa shape index (κ2) is 10.7. The number of methoxy groups -OCH3 is 2. The molecule has 0 unspecified atom stereocenters. The lowest BCUT2D eigenvalue weighted by atomic mass is 10.3. The molecule has 0 aliphatic carbocycles. The maximum atomic E-state index is 13.8. The number of nitrogen functional groups attached to an aromatic ring is 1. The maximum absolute atomic E-state index is 13.8. The van der Waals surface area contributed by atoms with Gasteiger partial charge in [-0.3, -0.25) is 4.31 Å². The van der Waals surface area contributed by atoms with Gasteiger partial charge in [0.2, 0.25) is 0 Å². The highest BCUT2D eigenvalue weighted by molar-refractivity contribution is 7.93. The van der Waals surface area contributed by atoms with Crippen molar-refractivity contribution in [3.8, 4) is 17.2 Å². The molecule has 0 saturated carbocycles. The molecule has 2 N–H and O–H groups in total. The number of para-hydroxylation sites is 1. The van der Waals surface area contributed by atoms with E-state index < -0.39 is 10.0 Å². The predicted molar refractivity (Wildman–Crippen MR) is 143 cm³/mol. The molecule has 0 radical (unpaired) electrons. The fraction of sp³-hybridized carbons (Fsp3) is 0.192. The molecule has 0 fully saturated rings. The Hall–Kier alpha value is -4.38. The quantitative estimate of drug-likeness (QED) is 0.294. The van der Waals surface area contributed by atoms with E-state index in [0.29, 0.717) is 28.6 Å². The fourth-order valence-corrected chi connectivity index (χ4v) is 5.39. The summed E-state index contributed by atoms with van der Waals surface area (Å²) in [5.41, 5.74) is 8.60. The molecule has 10 nitrogen and oxygen atoms in total.